The smallest absolute Gasteiger partial charge is 0.254 e. The van der Waals surface area contributed by atoms with E-state index in [-0.39, 0.29) is 17.9 Å². The number of hydrogen-bond donors (Lipinski definition) is 0. The maximum Gasteiger partial charge on any atom is 0.254 e. The first-order chi connectivity index (χ1) is 15.2. The fourth-order valence-corrected chi connectivity index (χ4v) is 5.61. The molecule has 1 aliphatic heterocycles. The summed E-state index contributed by atoms with van der Waals surface area (Å²) in [4.78, 5) is 31.3. The van der Waals surface area contributed by atoms with Crippen LogP contribution in [0.3, 0.4) is 0 Å². The number of carbonyl (C=O) groups is 2. The van der Waals surface area contributed by atoms with Crippen LogP contribution in [0.25, 0.3) is 0 Å². The summed E-state index contributed by atoms with van der Waals surface area (Å²) in [5, 5.41) is 0. The Morgan fingerprint density at radius 1 is 1.19 bits per heavy atom. The summed E-state index contributed by atoms with van der Waals surface area (Å²) in [6.45, 7) is 23.3. The molecule has 2 amide bonds. The molecule has 1 heterocycles. The average molecular weight is 475 g/mol. The SMILES string of the molecule is C=CC(=O)N1CCN(C(=O)c2cc(S/C(=C/C)SC(=C)C)c(C)cc2C)C[C@H]1CC.CC. The predicted octanol–water partition coefficient (Wildman–Crippen LogP) is 6.80. The molecule has 1 aliphatic rings. The highest BCUT2D eigenvalue weighted by molar-refractivity contribution is 8.24. The van der Waals surface area contributed by atoms with Gasteiger partial charge in [0, 0.05) is 40.4 Å². The van der Waals surface area contributed by atoms with Crippen molar-refractivity contribution in [2.75, 3.05) is 19.6 Å². The van der Waals surface area contributed by atoms with E-state index >= 15 is 0 Å². The molecule has 0 bridgehead atoms. The lowest BCUT2D eigenvalue weighted by molar-refractivity contribution is -0.130. The molecule has 0 unspecified atom stereocenters. The van der Waals surface area contributed by atoms with Crippen molar-refractivity contribution in [3.8, 4) is 0 Å². The van der Waals surface area contributed by atoms with Gasteiger partial charge in [0.25, 0.3) is 5.91 Å². The number of amides is 2. The number of thioether (sulfide) groups is 2. The maximum absolute atomic E-state index is 13.4. The van der Waals surface area contributed by atoms with Gasteiger partial charge in [0.1, 0.15) is 0 Å². The Hall–Kier alpha value is -1.92. The number of piperazine rings is 1. The van der Waals surface area contributed by atoms with Crippen LogP contribution in [0.15, 0.2) is 51.5 Å². The zero-order valence-corrected chi connectivity index (χ0v) is 22.3. The van der Waals surface area contributed by atoms with E-state index in [0.29, 0.717) is 19.6 Å². The predicted molar refractivity (Wildman–Crippen MR) is 141 cm³/mol. The van der Waals surface area contributed by atoms with Crippen molar-refractivity contribution in [1.29, 1.82) is 0 Å². The van der Waals surface area contributed by atoms with Crippen molar-refractivity contribution in [3.05, 3.63) is 63.3 Å². The van der Waals surface area contributed by atoms with Crippen LogP contribution in [0.4, 0.5) is 0 Å². The molecule has 0 aromatic heterocycles. The Kier molecular flexibility index (Phi) is 11.9. The summed E-state index contributed by atoms with van der Waals surface area (Å²) in [6.07, 6.45) is 4.24. The molecular weight excluding hydrogens is 436 g/mol. The molecule has 1 aromatic rings. The first-order valence-electron chi connectivity index (χ1n) is 11.2. The Labute approximate surface area is 203 Å². The normalized spacial score (nSPS) is 16.2. The van der Waals surface area contributed by atoms with Crippen LogP contribution in [0, 0.1) is 13.8 Å². The Morgan fingerprint density at radius 3 is 2.38 bits per heavy atom. The molecule has 2 rings (SSSR count). The minimum atomic E-state index is -0.0620. The van der Waals surface area contributed by atoms with E-state index in [4.69, 9.17) is 0 Å². The van der Waals surface area contributed by atoms with Crippen LogP contribution in [0.1, 0.15) is 62.5 Å². The summed E-state index contributed by atoms with van der Waals surface area (Å²) in [5.74, 6) is -0.0267. The van der Waals surface area contributed by atoms with Gasteiger partial charge in [-0.15, -0.1) is 0 Å². The second-order valence-electron chi connectivity index (χ2n) is 7.50. The summed E-state index contributed by atoms with van der Waals surface area (Å²) in [7, 11) is 0. The lowest BCUT2D eigenvalue weighted by atomic mass is 10.0. The van der Waals surface area contributed by atoms with Crippen LogP contribution in [0.2, 0.25) is 0 Å². The third-order valence-electron chi connectivity index (χ3n) is 5.17. The minimum Gasteiger partial charge on any atom is -0.335 e. The van der Waals surface area contributed by atoms with Gasteiger partial charge in [-0.05, 0) is 62.3 Å². The van der Waals surface area contributed by atoms with Gasteiger partial charge in [0.15, 0.2) is 0 Å². The maximum atomic E-state index is 13.4. The zero-order chi connectivity index (χ0) is 24.4. The number of carbonyl (C=O) groups excluding carboxylic acids is 2. The minimum absolute atomic E-state index is 0.0226. The molecule has 1 atom stereocenters. The molecule has 0 spiro atoms. The van der Waals surface area contributed by atoms with Crippen molar-refractivity contribution in [2.45, 2.75) is 65.8 Å². The molecule has 176 valence electrons. The number of benzene rings is 1. The Morgan fingerprint density at radius 2 is 1.84 bits per heavy atom. The van der Waals surface area contributed by atoms with E-state index in [1.165, 1.54) is 6.08 Å². The largest absolute Gasteiger partial charge is 0.335 e. The number of aryl methyl sites for hydroxylation is 2. The van der Waals surface area contributed by atoms with E-state index in [2.05, 4.69) is 32.2 Å². The average Bonchev–Trinajstić information content (AvgIpc) is 2.79. The molecule has 1 fully saturated rings. The quantitative estimate of drug-likeness (QED) is 0.322. The van der Waals surface area contributed by atoms with Crippen LogP contribution < -0.4 is 0 Å². The van der Waals surface area contributed by atoms with Crippen LogP contribution in [-0.4, -0.2) is 47.3 Å². The topological polar surface area (TPSA) is 40.6 Å². The molecule has 1 aromatic carbocycles. The van der Waals surface area contributed by atoms with Crippen molar-refractivity contribution in [1.82, 2.24) is 9.80 Å². The van der Waals surface area contributed by atoms with Crippen molar-refractivity contribution in [3.63, 3.8) is 0 Å². The zero-order valence-electron chi connectivity index (χ0n) is 20.7. The molecule has 0 saturated carbocycles. The second kappa shape index (κ2) is 13.6. The molecule has 1 saturated heterocycles. The third-order valence-corrected chi connectivity index (χ3v) is 7.55. The van der Waals surface area contributed by atoms with Gasteiger partial charge in [0.2, 0.25) is 5.91 Å². The number of nitrogens with zero attached hydrogens (tertiary/aromatic N) is 2. The summed E-state index contributed by atoms with van der Waals surface area (Å²) >= 11 is 3.32. The monoisotopic (exact) mass is 474 g/mol. The first-order valence-corrected chi connectivity index (χ1v) is 12.9. The van der Waals surface area contributed by atoms with Gasteiger partial charge < -0.3 is 9.80 Å². The van der Waals surface area contributed by atoms with Crippen molar-refractivity contribution < 1.29 is 9.59 Å². The number of allylic oxidation sites excluding steroid dienone is 2. The highest BCUT2D eigenvalue weighted by atomic mass is 32.2. The van der Waals surface area contributed by atoms with Crippen molar-refractivity contribution in [2.24, 2.45) is 0 Å². The Balaban J connectivity index is 0.00000249. The first kappa shape index (κ1) is 28.1. The van der Waals surface area contributed by atoms with Gasteiger partial charge >= 0.3 is 0 Å². The number of rotatable bonds is 7. The third kappa shape index (κ3) is 7.31. The van der Waals surface area contributed by atoms with Gasteiger partial charge in [-0.25, -0.2) is 0 Å². The van der Waals surface area contributed by atoms with E-state index in [0.717, 1.165) is 37.1 Å². The number of hydrogen-bond acceptors (Lipinski definition) is 4. The fourth-order valence-electron chi connectivity index (χ4n) is 3.56. The van der Waals surface area contributed by atoms with Crippen LogP contribution >= 0.6 is 23.5 Å². The molecule has 4 nitrogen and oxygen atoms in total. The molecule has 32 heavy (non-hydrogen) atoms. The summed E-state index contributed by atoms with van der Waals surface area (Å²) in [6, 6.07) is 4.13. The van der Waals surface area contributed by atoms with E-state index in [9.17, 15) is 9.59 Å². The highest BCUT2D eigenvalue weighted by Crippen LogP contribution is 2.40. The molecule has 0 N–H and O–H groups in total. The summed E-state index contributed by atoms with van der Waals surface area (Å²) < 4.78 is 1.15. The van der Waals surface area contributed by atoms with Crippen LogP contribution in [0.5, 0.6) is 0 Å². The second-order valence-corrected chi connectivity index (χ2v) is 10.2. The van der Waals surface area contributed by atoms with Gasteiger partial charge in [-0.1, -0.05) is 69.6 Å². The highest BCUT2D eigenvalue weighted by Gasteiger charge is 2.31. The lowest BCUT2D eigenvalue weighted by Gasteiger charge is -2.41. The lowest BCUT2D eigenvalue weighted by Crippen LogP contribution is -2.56. The van der Waals surface area contributed by atoms with E-state index < -0.39 is 0 Å². The van der Waals surface area contributed by atoms with E-state index in [1.54, 1.807) is 23.5 Å². The standard InChI is InChI=1S/C24H32N2O2S2.C2H6/c1-8-19-15-25(11-12-26(19)22(27)9-2)24(28)20-14-21(18(7)13-17(20)6)30-23(10-3)29-16(4)5;1-2/h9-10,13-14,19H,2,4,8,11-12,15H2,1,3,5-7H3;1-2H3/b23-10+;/t19-;/m1./s1. The summed E-state index contributed by atoms with van der Waals surface area (Å²) in [5.41, 5.74) is 2.87. The van der Waals surface area contributed by atoms with E-state index in [1.807, 2.05) is 57.4 Å². The van der Waals surface area contributed by atoms with Crippen LogP contribution in [-0.2, 0) is 4.79 Å². The molecule has 6 heteroatoms. The van der Waals surface area contributed by atoms with Crippen molar-refractivity contribution >= 4 is 35.3 Å². The van der Waals surface area contributed by atoms with Gasteiger partial charge in [0.05, 0.1) is 0 Å². The van der Waals surface area contributed by atoms with Gasteiger partial charge in [-0.3, -0.25) is 9.59 Å². The molecule has 0 radical (unpaired) electrons. The molecular formula is C26H38N2O2S2. The molecule has 0 aliphatic carbocycles. The Bertz CT molecular complexity index is 877. The van der Waals surface area contributed by atoms with Gasteiger partial charge in [-0.2, -0.15) is 0 Å². The fraction of sp³-hybridized carbons (Fsp3) is 0.462.